The fourth-order valence-corrected chi connectivity index (χ4v) is 8.31. The van der Waals surface area contributed by atoms with Gasteiger partial charge in [-0.25, -0.2) is 4.39 Å². The van der Waals surface area contributed by atoms with E-state index >= 15 is 0 Å². The van der Waals surface area contributed by atoms with Crippen LogP contribution in [0.15, 0.2) is 60.7 Å². The lowest BCUT2D eigenvalue weighted by Gasteiger charge is -2.49. The normalized spacial score (nSPS) is 19.0. The van der Waals surface area contributed by atoms with Gasteiger partial charge in [0, 0.05) is 65.5 Å². The number of benzene rings is 2. The van der Waals surface area contributed by atoms with Gasteiger partial charge in [0.25, 0.3) is 0 Å². The Bertz CT molecular complexity index is 1910. The Morgan fingerprint density at radius 3 is 1.36 bits per heavy atom. The number of piperidine rings is 2. The average molecular weight is 724 g/mol. The number of aromatic hydroxyl groups is 2. The van der Waals surface area contributed by atoms with Crippen LogP contribution in [0, 0.1) is 17.1 Å². The molecule has 0 spiro atoms. The molecule has 0 atom stereocenters. The molecule has 0 bridgehead atoms. The molecule has 6 rings (SSSR count). The summed E-state index contributed by atoms with van der Waals surface area (Å²) in [5.74, 6) is 1.01. The molecule has 0 saturated carbocycles. The second kappa shape index (κ2) is 14.9. The largest absolute Gasteiger partial charge is 0.507 e. The molecule has 4 N–H and O–H groups in total. The van der Waals surface area contributed by atoms with E-state index in [4.69, 9.17) is 5.26 Å². The Kier molecular flexibility index (Phi) is 11.0. The number of phenolic OH excluding ortho intramolecular Hbond substituents is 2. The van der Waals surface area contributed by atoms with Crippen LogP contribution in [-0.2, 0) is 0 Å². The fourth-order valence-electron chi connectivity index (χ4n) is 8.31. The molecule has 2 aromatic heterocycles. The van der Waals surface area contributed by atoms with Gasteiger partial charge in [-0.3, -0.25) is 0 Å². The molecule has 2 aliphatic heterocycles. The van der Waals surface area contributed by atoms with Crippen molar-refractivity contribution in [2.45, 2.75) is 115 Å². The van der Waals surface area contributed by atoms with E-state index in [0.717, 1.165) is 43.4 Å². The zero-order valence-electron chi connectivity index (χ0n) is 32.7. The van der Waals surface area contributed by atoms with E-state index in [0.29, 0.717) is 40.2 Å². The molecule has 2 aliphatic rings. The molecule has 4 heterocycles. The monoisotopic (exact) mass is 723 g/mol. The van der Waals surface area contributed by atoms with Gasteiger partial charge in [-0.1, -0.05) is 0 Å². The van der Waals surface area contributed by atoms with Gasteiger partial charge in [-0.15, -0.1) is 20.4 Å². The predicted octanol–water partition coefficient (Wildman–Crippen LogP) is 7.20. The molecule has 0 radical (unpaired) electrons. The fraction of sp³-hybridized carbons (Fsp3) is 0.488. The number of aromatic nitrogens is 4. The molecule has 2 saturated heterocycles. The molecule has 0 aliphatic carbocycles. The van der Waals surface area contributed by atoms with E-state index in [9.17, 15) is 14.6 Å². The summed E-state index contributed by atoms with van der Waals surface area (Å²) in [5.41, 5.74) is 2.77. The Morgan fingerprint density at radius 2 is 1.02 bits per heavy atom. The van der Waals surface area contributed by atoms with Gasteiger partial charge in [0.2, 0.25) is 0 Å². The first kappa shape index (κ1) is 39.3. The molecular formula is C41H54FN9O2. The molecule has 0 amide bonds. The van der Waals surface area contributed by atoms with Crippen molar-refractivity contribution in [3.05, 3.63) is 72.0 Å². The highest BCUT2D eigenvalue weighted by Gasteiger charge is 2.40. The summed E-state index contributed by atoms with van der Waals surface area (Å²) in [5, 5.41) is 53.6. The average Bonchev–Trinajstić information content (AvgIpc) is 3.05. The lowest BCUT2D eigenvalue weighted by atomic mass is 9.79. The van der Waals surface area contributed by atoms with Crippen molar-refractivity contribution >= 4 is 11.6 Å². The van der Waals surface area contributed by atoms with Gasteiger partial charge < -0.3 is 30.6 Å². The summed E-state index contributed by atoms with van der Waals surface area (Å²) in [6.07, 6.45) is 4.06. The van der Waals surface area contributed by atoms with E-state index in [2.05, 4.69) is 103 Å². The molecule has 12 heteroatoms. The smallest absolute Gasteiger partial charge is 0.151 e. The third-order valence-corrected chi connectivity index (χ3v) is 10.1. The standard InChI is InChI=1S/C21H27N5O.C20H27FN4O/c1-20(2)11-15(12-21(3,4)25-20)26(5)19-9-8-17(23-24-19)16-7-6-14(13-22)10-18(16)27;1-19(2)11-14(12-20(3,4)24-19)25(5)18-9-8-16(22-23-18)15-7-6-13(21)10-17(15)26/h6-10,15,25,27H,11-12H2,1-5H3;6-10,14,24,26H,11-12H2,1-5H3. The minimum absolute atomic E-state index is 0.0336. The topological polar surface area (TPSA) is 146 Å². The molecule has 11 nitrogen and oxygen atoms in total. The van der Waals surface area contributed by atoms with Gasteiger partial charge in [0.05, 0.1) is 23.0 Å². The van der Waals surface area contributed by atoms with E-state index in [1.807, 2.05) is 37.4 Å². The van der Waals surface area contributed by atoms with Crippen molar-refractivity contribution in [1.29, 1.82) is 5.26 Å². The first-order valence-electron chi connectivity index (χ1n) is 18.1. The Labute approximate surface area is 313 Å². The highest BCUT2D eigenvalue weighted by atomic mass is 19.1. The van der Waals surface area contributed by atoms with Crippen LogP contribution in [0.1, 0.15) is 86.6 Å². The van der Waals surface area contributed by atoms with Crippen molar-refractivity contribution in [1.82, 2.24) is 31.0 Å². The number of anilines is 2. The summed E-state index contributed by atoms with van der Waals surface area (Å²) < 4.78 is 13.2. The third-order valence-electron chi connectivity index (χ3n) is 10.1. The van der Waals surface area contributed by atoms with Crippen LogP contribution in [0.5, 0.6) is 11.5 Å². The Balaban J connectivity index is 0.000000204. The number of hydrogen-bond acceptors (Lipinski definition) is 11. The summed E-state index contributed by atoms with van der Waals surface area (Å²) in [4.78, 5) is 4.37. The van der Waals surface area contributed by atoms with E-state index in [1.54, 1.807) is 12.1 Å². The maximum atomic E-state index is 13.2. The maximum absolute atomic E-state index is 13.2. The van der Waals surface area contributed by atoms with Gasteiger partial charge in [0.15, 0.2) is 11.6 Å². The molecule has 53 heavy (non-hydrogen) atoms. The lowest BCUT2D eigenvalue weighted by molar-refractivity contribution is 0.160. The summed E-state index contributed by atoms with van der Waals surface area (Å²) in [6, 6.07) is 18.9. The molecule has 0 unspecified atom stereocenters. The Morgan fingerprint density at radius 1 is 0.623 bits per heavy atom. The third kappa shape index (κ3) is 9.77. The summed E-state index contributed by atoms with van der Waals surface area (Å²) in [7, 11) is 4.10. The van der Waals surface area contributed by atoms with Gasteiger partial charge in [-0.2, -0.15) is 5.26 Å². The number of rotatable bonds is 6. The Hall–Kier alpha value is -4.86. The highest BCUT2D eigenvalue weighted by Crippen LogP contribution is 2.35. The molecular weight excluding hydrogens is 670 g/mol. The van der Waals surface area contributed by atoms with E-state index < -0.39 is 5.82 Å². The highest BCUT2D eigenvalue weighted by molar-refractivity contribution is 5.68. The SMILES string of the molecule is CN(c1ccc(-c2ccc(C#N)cc2O)nn1)C1CC(C)(C)NC(C)(C)C1.CN(c1ccc(-c2ccc(F)cc2O)nn1)C1CC(C)(C)NC(C)(C)C1. The second-order valence-corrected chi connectivity index (χ2v) is 17.2. The second-order valence-electron chi connectivity index (χ2n) is 17.2. The van der Waals surface area contributed by atoms with Gasteiger partial charge in [0.1, 0.15) is 17.3 Å². The van der Waals surface area contributed by atoms with Crippen LogP contribution in [-0.4, -0.2) is 78.9 Å². The molecule has 2 aromatic carbocycles. The zero-order valence-corrected chi connectivity index (χ0v) is 32.7. The quantitative estimate of drug-likeness (QED) is 0.160. The zero-order chi connectivity index (χ0) is 38.9. The van der Waals surface area contributed by atoms with E-state index in [1.165, 1.54) is 18.2 Å². The maximum Gasteiger partial charge on any atom is 0.151 e. The van der Waals surface area contributed by atoms with Crippen LogP contribution in [0.4, 0.5) is 16.0 Å². The van der Waals surface area contributed by atoms with Crippen molar-refractivity contribution in [2.24, 2.45) is 0 Å². The number of nitrogens with one attached hydrogen (secondary N) is 2. The molecule has 4 aromatic rings. The molecule has 2 fully saturated rings. The number of hydrogen-bond donors (Lipinski definition) is 4. The van der Waals surface area contributed by atoms with Crippen molar-refractivity contribution < 1.29 is 14.6 Å². The lowest BCUT2D eigenvalue weighted by Crippen LogP contribution is -2.62. The van der Waals surface area contributed by atoms with Crippen LogP contribution >= 0.6 is 0 Å². The predicted molar refractivity (Wildman–Crippen MR) is 208 cm³/mol. The first-order chi connectivity index (χ1) is 24.7. The van der Waals surface area contributed by atoms with Crippen LogP contribution in [0.3, 0.4) is 0 Å². The van der Waals surface area contributed by atoms with Gasteiger partial charge in [-0.05, 0) is 136 Å². The first-order valence-corrected chi connectivity index (χ1v) is 18.1. The summed E-state index contributed by atoms with van der Waals surface area (Å²) >= 11 is 0. The summed E-state index contributed by atoms with van der Waals surface area (Å²) in [6.45, 7) is 17.8. The van der Waals surface area contributed by atoms with Gasteiger partial charge >= 0.3 is 0 Å². The van der Waals surface area contributed by atoms with Crippen molar-refractivity contribution in [3.63, 3.8) is 0 Å². The van der Waals surface area contributed by atoms with E-state index in [-0.39, 0.29) is 33.7 Å². The van der Waals surface area contributed by atoms with Crippen molar-refractivity contribution in [2.75, 3.05) is 23.9 Å². The number of halogens is 1. The minimum atomic E-state index is -0.480. The van der Waals surface area contributed by atoms with Crippen LogP contribution in [0.25, 0.3) is 22.5 Å². The van der Waals surface area contributed by atoms with Crippen molar-refractivity contribution in [3.8, 4) is 40.1 Å². The number of phenols is 2. The minimum Gasteiger partial charge on any atom is -0.507 e. The molecule has 282 valence electrons. The van der Waals surface area contributed by atoms with Crippen LogP contribution in [0.2, 0.25) is 0 Å². The van der Waals surface area contributed by atoms with Crippen LogP contribution < -0.4 is 20.4 Å². The number of nitrogens with zero attached hydrogens (tertiary/aromatic N) is 7. The number of nitriles is 1.